The molecule has 0 bridgehead atoms. The van der Waals surface area contributed by atoms with Crippen LogP contribution in [0.2, 0.25) is 0 Å². The molecule has 0 amide bonds. The number of ketones is 1. The highest BCUT2D eigenvalue weighted by Crippen LogP contribution is 2.30. The summed E-state index contributed by atoms with van der Waals surface area (Å²) in [4.78, 5) is 16.2. The Bertz CT molecular complexity index is 348. The van der Waals surface area contributed by atoms with Crippen LogP contribution in [0.4, 0.5) is 0 Å². The molecule has 2 rings (SSSR count). The predicted molar refractivity (Wildman–Crippen MR) is 58.7 cm³/mol. The van der Waals surface area contributed by atoms with E-state index in [2.05, 4.69) is 11.9 Å². The summed E-state index contributed by atoms with van der Waals surface area (Å²) in [5.74, 6) is 1.85. The number of nitrogens with zero attached hydrogens (tertiary/aromatic N) is 2. The van der Waals surface area contributed by atoms with Crippen molar-refractivity contribution in [2.45, 2.75) is 32.6 Å². The summed E-state index contributed by atoms with van der Waals surface area (Å²) >= 11 is 0. The Kier molecular flexibility index (Phi) is 2.89. The third-order valence-electron chi connectivity index (χ3n) is 3.43. The average molecular weight is 206 g/mol. The Balaban J connectivity index is 2.06. The fourth-order valence-corrected chi connectivity index (χ4v) is 2.31. The Morgan fingerprint density at radius 1 is 1.40 bits per heavy atom. The number of aryl methyl sites for hydroxylation is 1. The molecular weight excluding hydrogens is 188 g/mol. The third kappa shape index (κ3) is 2.11. The second-order valence-electron chi connectivity index (χ2n) is 4.68. The molecule has 0 N–H and O–H groups in total. The molecule has 0 aliphatic heterocycles. The second-order valence-corrected chi connectivity index (χ2v) is 4.68. The van der Waals surface area contributed by atoms with Crippen molar-refractivity contribution < 1.29 is 4.79 Å². The number of rotatable bonds is 2. The summed E-state index contributed by atoms with van der Waals surface area (Å²) in [5.41, 5.74) is 0. The van der Waals surface area contributed by atoms with Gasteiger partial charge in [0.05, 0.1) is 0 Å². The Labute approximate surface area is 90.5 Å². The van der Waals surface area contributed by atoms with Crippen LogP contribution < -0.4 is 0 Å². The third-order valence-corrected chi connectivity index (χ3v) is 3.43. The minimum absolute atomic E-state index is 0.210. The number of Topliss-reactive ketones (excluding diaryl/α,β-unsaturated/α-hetero) is 1. The van der Waals surface area contributed by atoms with Crippen LogP contribution in [-0.4, -0.2) is 15.3 Å². The lowest BCUT2D eigenvalue weighted by Gasteiger charge is -2.24. The first-order chi connectivity index (χ1) is 7.18. The van der Waals surface area contributed by atoms with Crippen LogP contribution in [0.15, 0.2) is 12.4 Å². The van der Waals surface area contributed by atoms with Gasteiger partial charge in [0, 0.05) is 25.4 Å². The Hall–Kier alpha value is -1.12. The molecule has 1 fully saturated rings. The van der Waals surface area contributed by atoms with Crippen LogP contribution in [0.5, 0.6) is 0 Å². The van der Waals surface area contributed by atoms with Crippen molar-refractivity contribution in [3.63, 3.8) is 0 Å². The van der Waals surface area contributed by atoms with Gasteiger partial charge in [-0.3, -0.25) is 4.79 Å². The van der Waals surface area contributed by atoms with Crippen LogP contribution >= 0.6 is 0 Å². The molecule has 1 aromatic heterocycles. The van der Waals surface area contributed by atoms with E-state index in [1.807, 2.05) is 17.8 Å². The molecule has 1 aliphatic rings. The van der Waals surface area contributed by atoms with Gasteiger partial charge in [0.15, 0.2) is 5.82 Å². The van der Waals surface area contributed by atoms with E-state index in [1.165, 1.54) is 12.8 Å². The molecule has 3 heteroatoms. The Morgan fingerprint density at radius 3 is 2.60 bits per heavy atom. The van der Waals surface area contributed by atoms with Crippen molar-refractivity contribution in [1.29, 1.82) is 0 Å². The van der Waals surface area contributed by atoms with E-state index in [9.17, 15) is 4.79 Å². The van der Waals surface area contributed by atoms with Gasteiger partial charge in [0.25, 0.3) is 0 Å². The molecule has 82 valence electrons. The first-order valence-corrected chi connectivity index (χ1v) is 5.70. The zero-order valence-corrected chi connectivity index (χ0v) is 9.44. The minimum Gasteiger partial charge on any atom is -0.332 e. The van der Waals surface area contributed by atoms with Gasteiger partial charge in [-0.2, -0.15) is 0 Å². The number of hydrogen-bond acceptors (Lipinski definition) is 2. The summed E-state index contributed by atoms with van der Waals surface area (Å²) in [6, 6.07) is 0. The van der Waals surface area contributed by atoms with Crippen molar-refractivity contribution >= 4 is 5.78 Å². The maximum atomic E-state index is 12.1. The highest BCUT2D eigenvalue weighted by atomic mass is 16.1. The summed E-state index contributed by atoms with van der Waals surface area (Å²) in [6.45, 7) is 2.27. The van der Waals surface area contributed by atoms with E-state index >= 15 is 0 Å². The van der Waals surface area contributed by atoms with Gasteiger partial charge in [-0.15, -0.1) is 0 Å². The summed E-state index contributed by atoms with van der Waals surface area (Å²) in [7, 11) is 1.88. The number of aromatic nitrogens is 2. The summed E-state index contributed by atoms with van der Waals surface area (Å²) in [6.07, 6.45) is 7.96. The van der Waals surface area contributed by atoms with Gasteiger partial charge in [-0.1, -0.05) is 19.8 Å². The standard InChI is InChI=1S/C12H18N2O/c1-9-3-5-10(6-4-9)11(15)12-13-7-8-14(12)2/h7-10H,3-6H2,1-2H3. The maximum Gasteiger partial charge on any atom is 0.201 e. The maximum absolute atomic E-state index is 12.1. The van der Waals surface area contributed by atoms with Gasteiger partial charge in [0.1, 0.15) is 0 Å². The van der Waals surface area contributed by atoms with Crippen molar-refractivity contribution in [2.75, 3.05) is 0 Å². The van der Waals surface area contributed by atoms with E-state index in [0.717, 1.165) is 18.8 Å². The summed E-state index contributed by atoms with van der Waals surface area (Å²) < 4.78 is 1.82. The van der Waals surface area contributed by atoms with Gasteiger partial charge < -0.3 is 4.57 Å². The molecule has 15 heavy (non-hydrogen) atoms. The molecule has 1 saturated carbocycles. The lowest BCUT2D eigenvalue weighted by Crippen LogP contribution is -2.23. The molecule has 1 heterocycles. The van der Waals surface area contributed by atoms with E-state index in [1.54, 1.807) is 6.20 Å². The largest absolute Gasteiger partial charge is 0.332 e. The highest BCUT2D eigenvalue weighted by molar-refractivity contribution is 5.94. The normalized spacial score (nSPS) is 26.5. The van der Waals surface area contributed by atoms with E-state index in [0.29, 0.717) is 5.82 Å². The van der Waals surface area contributed by atoms with Crippen LogP contribution in [0.25, 0.3) is 0 Å². The van der Waals surface area contributed by atoms with E-state index in [-0.39, 0.29) is 11.7 Å². The van der Waals surface area contributed by atoms with Gasteiger partial charge in [-0.05, 0) is 18.8 Å². The monoisotopic (exact) mass is 206 g/mol. The highest BCUT2D eigenvalue weighted by Gasteiger charge is 2.27. The molecule has 0 aromatic carbocycles. The average Bonchev–Trinajstić information content (AvgIpc) is 2.65. The van der Waals surface area contributed by atoms with Crippen LogP contribution in [0.1, 0.15) is 43.2 Å². The predicted octanol–water partition coefficient (Wildman–Crippen LogP) is 2.43. The molecule has 0 radical (unpaired) electrons. The number of hydrogen-bond donors (Lipinski definition) is 0. The fourth-order valence-electron chi connectivity index (χ4n) is 2.31. The zero-order valence-electron chi connectivity index (χ0n) is 9.44. The molecule has 1 aliphatic carbocycles. The van der Waals surface area contributed by atoms with Crippen LogP contribution in [0.3, 0.4) is 0 Å². The first kappa shape index (κ1) is 10.4. The molecule has 0 unspecified atom stereocenters. The van der Waals surface area contributed by atoms with Crippen molar-refractivity contribution in [3.8, 4) is 0 Å². The minimum atomic E-state index is 0.210. The summed E-state index contributed by atoms with van der Waals surface area (Å²) in [5, 5.41) is 0. The smallest absolute Gasteiger partial charge is 0.201 e. The first-order valence-electron chi connectivity index (χ1n) is 5.70. The van der Waals surface area contributed by atoms with Gasteiger partial charge >= 0.3 is 0 Å². The van der Waals surface area contributed by atoms with Crippen molar-refractivity contribution in [1.82, 2.24) is 9.55 Å². The molecule has 3 nitrogen and oxygen atoms in total. The van der Waals surface area contributed by atoms with E-state index in [4.69, 9.17) is 0 Å². The number of carbonyl (C=O) groups excluding carboxylic acids is 1. The second kappa shape index (κ2) is 4.17. The molecule has 0 atom stereocenters. The molecule has 0 spiro atoms. The number of carbonyl (C=O) groups is 1. The van der Waals surface area contributed by atoms with Gasteiger partial charge in [0.2, 0.25) is 5.78 Å². The topological polar surface area (TPSA) is 34.9 Å². The van der Waals surface area contributed by atoms with Crippen molar-refractivity contribution in [3.05, 3.63) is 18.2 Å². The van der Waals surface area contributed by atoms with Crippen LogP contribution in [0, 0.1) is 11.8 Å². The van der Waals surface area contributed by atoms with E-state index < -0.39 is 0 Å². The zero-order chi connectivity index (χ0) is 10.8. The number of imidazole rings is 1. The fraction of sp³-hybridized carbons (Fsp3) is 0.667. The van der Waals surface area contributed by atoms with Crippen LogP contribution in [-0.2, 0) is 7.05 Å². The quantitative estimate of drug-likeness (QED) is 0.696. The lowest BCUT2D eigenvalue weighted by atomic mass is 9.81. The van der Waals surface area contributed by atoms with Crippen molar-refractivity contribution in [2.24, 2.45) is 18.9 Å². The molecule has 0 saturated heterocycles. The van der Waals surface area contributed by atoms with Gasteiger partial charge in [-0.25, -0.2) is 4.98 Å². The SMILES string of the molecule is CC1CCC(C(=O)c2nccn2C)CC1. The molecular formula is C12H18N2O. The molecule has 1 aromatic rings. The lowest BCUT2D eigenvalue weighted by molar-refractivity contribution is 0.0861. The Morgan fingerprint density at radius 2 is 2.07 bits per heavy atom.